The van der Waals surface area contributed by atoms with Crippen LogP contribution in [0.5, 0.6) is 5.75 Å². The van der Waals surface area contributed by atoms with Crippen molar-refractivity contribution in [1.29, 1.82) is 0 Å². The Morgan fingerprint density at radius 2 is 1.55 bits per heavy atom. The third-order valence-electron chi connectivity index (χ3n) is 8.33. The van der Waals surface area contributed by atoms with Gasteiger partial charge in [-0.3, -0.25) is 9.59 Å². The minimum atomic E-state index is -2.70. The number of carbonyl (C=O) groups excluding carboxylic acids is 4. The second kappa shape index (κ2) is 25.7. The molecule has 0 spiro atoms. The predicted molar refractivity (Wildman–Crippen MR) is 201 cm³/mol. The summed E-state index contributed by atoms with van der Waals surface area (Å²) in [5.41, 5.74) is -2.95. The van der Waals surface area contributed by atoms with Crippen molar-refractivity contribution in [2.24, 2.45) is 5.92 Å². The maximum atomic E-state index is 13.8. The van der Waals surface area contributed by atoms with Crippen LogP contribution in [0, 0.1) is 17.8 Å². The highest BCUT2D eigenvalue weighted by Crippen LogP contribution is 2.26. The second-order valence-corrected chi connectivity index (χ2v) is 14.1. The Labute approximate surface area is 315 Å². The van der Waals surface area contributed by atoms with Crippen LogP contribution in [-0.4, -0.2) is 82.0 Å². The molecule has 3 atom stereocenters. The van der Waals surface area contributed by atoms with Crippen molar-refractivity contribution < 1.29 is 53.5 Å². The molecule has 296 valence electrons. The van der Waals surface area contributed by atoms with E-state index in [2.05, 4.69) is 24.1 Å². The van der Waals surface area contributed by atoms with Crippen LogP contribution in [0.2, 0.25) is 0 Å². The number of esters is 2. The molecular formula is C41H61NO11. The first-order valence-electron chi connectivity index (χ1n) is 18.7. The Bertz CT molecular complexity index is 1370. The second-order valence-electron chi connectivity index (χ2n) is 14.1. The molecule has 0 heterocycles. The molecule has 12 nitrogen and oxygen atoms in total. The number of nitrogens with one attached hydrogen (secondary N) is 1. The summed E-state index contributed by atoms with van der Waals surface area (Å²) >= 11 is 0. The minimum absolute atomic E-state index is 0.114. The maximum Gasteiger partial charge on any atom is 0.344 e. The number of Topliss-reactive ketones (excluding diaryl/α,β-unsaturated/α-hetero) is 1. The number of benzene rings is 1. The van der Waals surface area contributed by atoms with Crippen molar-refractivity contribution in [3.8, 4) is 17.6 Å². The van der Waals surface area contributed by atoms with Gasteiger partial charge in [0.1, 0.15) is 29.8 Å². The van der Waals surface area contributed by atoms with Gasteiger partial charge in [-0.25, -0.2) is 14.4 Å². The van der Waals surface area contributed by atoms with Crippen molar-refractivity contribution in [3.63, 3.8) is 0 Å². The molecule has 0 bridgehead atoms. The van der Waals surface area contributed by atoms with Gasteiger partial charge in [-0.15, -0.1) is 5.92 Å². The van der Waals surface area contributed by atoms with Crippen LogP contribution >= 0.6 is 0 Å². The molecule has 1 rings (SSSR count). The van der Waals surface area contributed by atoms with E-state index in [4.69, 9.17) is 14.2 Å². The van der Waals surface area contributed by atoms with Crippen molar-refractivity contribution in [2.45, 2.75) is 142 Å². The smallest absolute Gasteiger partial charge is 0.344 e. The number of allylic oxidation sites excluding steroid dienone is 1. The lowest BCUT2D eigenvalue weighted by Crippen LogP contribution is -2.55. The van der Waals surface area contributed by atoms with Gasteiger partial charge >= 0.3 is 17.9 Å². The number of rotatable bonds is 27. The number of aliphatic hydroxyl groups excluding tert-OH is 1. The molecule has 0 radical (unpaired) electrons. The van der Waals surface area contributed by atoms with E-state index in [-0.39, 0.29) is 18.8 Å². The number of amides is 1. The van der Waals surface area contributed by atoms with E-state index < -0.39 is 66.6 Å². The molecule has 0 unspecified atom stereocenters. The molecule has 0 aliphatic carbocycles. The lowest BCUT2D eigenvalue weighted by Gasteiger charge is -2.30. The van der Waals surface area contributed by atoms with Crippen molar-refractivity contribution >= 4 is 29.6 Å². The largest absolute Gasteiger partial charge is 0.481 e. The van der Waals surface area contributed by atoms with Gasteiger partial charge < -0.3 is 34.8 Å². The first kappa shape index (κ1) is 46.8. The first-order valence-corrected chi connectivity index (χ1v) is 18.7. The number of carboxylic acids is 1. The molecule has 1 aromatic carbocycles. The zero-order valence-electron chi connectivity index (χ0n) is 32.2. The number of hydrogen-bond donors (Lipinski definition) is 4. The summed E-state index contributed by atoms with van der Waals surface area (Å²) in [5, 5.41) is 33.3. The van der Waals surface area contributed by atoms with Crippen LogP contribution in [-0.2, 0) is 39.9 Å². The Morgan fingerprint density at radius 3 is 2.11 bits per heavy atom. The molecule has 12 heteroatoms. The summed E-state index contributed by atoms with van der Waals surface area (Å²) in [5.74, 6) is 0.112. The summed E-state index contributed by atoms with van der Waals surface area (Å²) < 4.78 is 15.9. The third-order valence-corrected chi connectivity index (χ3v) is 8.33. The molecule has 0 aromatic heterocycles. The molecule has 0 saturated heterocycles. The number of carbonyl (C=O) groups is 5. The third kappa shape index (κ3) is 20.0. The first-order chi connectivity index (χ1) is 25.2. The fourth-order valence-corrected chi connectivity index (χ4v) is 5.46. The molecular weight excluding hydrogens is 682 g/mol. The van der Waals surface area contributed by atoms with Crippen LogP contribution in [0.3, 0.4) is 0 Å². The van der Waals surface area contributed by atoms with Crippen LogP contribution in [0.1, 0.15) is 124 Å². The van der Waals surface area contributed by atoms with Crippen LogP contribution in [0.15, 0.2) is 36.4 Å². The van der Waals surface area contributed by atoms with E-state index >= 15 is 0 Å². The Kier molecular flexibility index (Phi) is 22.7. The van der Waals surface area contributed by atoms with Gasteiger partial charge in [0.25, 0.3) is 0 Å². The van der Waals surface area contributed by atoms with E-state index in [1.54, 1.807) is 58.0 Å². The lowest BCUT2D eigenvalue weighted by molar-refractivity contribution is -0.170. The van der Waals surface area contributed by atoms with Gasteiger partial charge in [-0.1, -0.05) is 75.7 Å². The van der Waals surface area contributed by atoms with Gasteiger partial charge in [0.2, 0.25) is 5.91 Å². The quantitative estimate of drug-likeness (QED) is 0.0378. The molecule has 0 fully saturated rings. The summed E-state index contributed by atoms with van der Waals surface area (Å²) in [6.45, 7) is 7.54. The van der Waals surface area contributed by atoms with Crippen LogP contribution in [0.4, 0.5) is 0 Å². The summed E-state index contributed by atoms with van der Waals surface area (Å²) in [7, 11) is 0. The summed E-state index contributed by atoms with van der Waals surface area (Å²) in [4.78, 5) is 63.8. The number of aliphatic carboxylic acids is 1. The van der Waals surface area contributed by atoms with Gasteiger partial charge in [0.05, 0.1) is 5.92 Å². The average Bonchev–Trinajstić information content (AvgIpc) is 3.09. The molecule has 53 heavy (non-hydrogen) atoms. The highest BCUT2D eigenvalue weighted by Gasteiger charge is 2.47. The zero-order chi connectivity index (χ0) is 39.7. The molecule has 0 saturated carbocycles. The number of aliphatic hydroxyl groups is 2. The monoisotopic (exact) mass is 743 g/mol. The average molecular weight is 744 g/mol. The van der Waals surface area contributed by atoms with Gasteiger partial charge in [0.15, 0.2) is 12.2 Å². The highest BCUT2D eigenvalue weighted by atomic mass is 16.6. The minimum Gasteiger partial charge on any atom is -0.481 e. The topological polar surface area (TPSA) is 186 Å². The summed E-state index contributed by atoms with van der Waals surface area (Å²) in [6.07, 6.45) is 12.4. The number of ketones is 1. The van der Waals surface area contributed by atoms with E-state index in [0.717, 1.165) is 38.5 Å². The lowest BCUT2D eigenvalue weighted by atomic mass is 9.83. The normalized spacial score (nSPS) is 13.6. The fraction of sp³-hybridized carbons (Fsp3) is 0.634. The number of unbranched alkanes of at least 4 members (excludes halogenated alkanes) is 8. The SMILES string of the molecule is CC#CCOc1ccc(C[C@H](NC(=O)[C@@H](C=CCCCCCCC(=O)CCCCCCC)[C@@](O)(CCO)C(=O)O)C(=O)OCC(=O)OC(C)(C)C)cc1. The van der Waals surface area contributed by atoms with E-state index in [1.807, 2.05) is 0 Å². The van der Waals surface area contributed by atoms with Crippen LogP contribution < -0.4 is 10.1 Å². The zero-order valence-corrected chi connectivity index (χ0v) is 32.2. The van der Waals surface area contributed by atoms with E-state index in [1.165, 1.54) is 18.9 Å². The van der Waals surface area contributed by atoms with Crippen LogP contribution in [0.25, 0.3) is 0 Å². The van der Waals surface area contributed by atoms with Crippen molar-refractivity contribution in [2.75, 3.05) is 19.8 Å². The maximum absolute atomic E-state index is 13.8. The molecule has 0 aliphatic heterocycles. The fourth-order valence-electron chi connectivity index (χ4n) is 5.46. The summed E-state index contributed by atoms with van der Waals surface area (Å²) in [6, 6.07) is 5.24. The Morgan fingerprint density at radius 1 is 0.925 bits per heavy atom. The van der Waals surface area contributed by atoms with Crippen molar-refractivity contribution in [1.82, 2.24) is 5.32 Å². The van der Waals surface area contributed by atoms with Gasteiger partial charge in [-0.05, 0) is 71.1 Å². The molecule has 1 aromatic rings. The number of carboxylic acid groups (broad SMARTS) is 1. The predicted octanol–water partition coefficient (Wildman–Crippen LogP) is 5.64. The van der Waals surface area contributed by atoms with Gasteiger partial charge in [-0.2, -0.15) is 0 Å². The number of hydrogen-bond acceptors (Lipinski definition) is 10. The van der Waals surface area contributed by atoms with Gasteiger partial charge in [0, 0.05) is 32.3 Å². The molecule has 1 amide bonds. The number of ether oxygens (including phenoxy) is 3. The van der Waals surface area contributed by atoms with E-state index in [9.17, 15) is 39.3 Å². The standard InChI is InChI=1S/C41H61NO11/c1-6-8-10-13-16-19-32(44)20-17-14-11-12-15-18-21-34(41(50,26-27-43)39(48)49)37(46)42-35(38(47)52-30-36(45)53-40(3,4)5)29-31-22-24-33(25-23-31)51-28-9-7-2/h18,21-25,34-35,43,50H,6,8,10-17,19-20,26-30H2,1-5H3,(H,42,46)(H,48,49)/t34-,35+,41+/m1/s1. The van der Waals surface area contributed by atoms with Crippen molar-refractivity contribution in [3.05, 3.63) is 42.0 Å². The highest BCUT2D eigenvalue weighted by molar-refractivity contribution is 5.93. The Hall–Kier alpha value is -4.21. The molecule has 0 aliphatic rings. The molecule has 4 N–H and O–H groups in total. The van der Waals surface area contributed by atoms with E-state index in [0.29, 0.717) is 37.0 Å². The Balaban J connectivity index is 3.06.